The van der Waals surface area contributed by atoms with Gasteiger partial charge < -0.3 is 24.6 Å². The van der Waals surface area contributed by atoms with Crippen LogP contribution in [0.2, 0.25) is 0 Å². The Bertz CT molecular complexity index is 130. The van der Waals surface area contributed by atoms with Gasteiger partial charge in [-0.05, 0) is 0 Å². The van der Waals surface area contributed by atoms with Gasteiger partial charge in [0.15, 0.2) is 5.44 Å². The first-order valence-electron chi connectivity index (χ1n) is 3.14. The molecule has 6 heteroatoms. The van der Waals surface area contributed by atoms with Gasteiger partial charge >= 0.3 is 0 Å². The Morgan fingerprint density at radius 1 is 1.18 bits per heavy atom. The Kier molecular flexibility index (Phi) is 3.11. The minimum absolute atomic E-state index is 0.377. The second-order valence-corrected chi connectivity index (χ2v) is 3.15. The van der Waals surface area contributed by atoms with Crippen molar-refractivity contribution in [2.75, 3.05) is 6.61 Å². The Hall–Kier alpha value is 0.150. The molecule has 0 aromatic rings. The van der Waals surface area contributed by atoms with Crippen LogP contribution in [0.4, 0.5) is 0 Å². The summed E-state index contributed by atoms with van der Waals surface area (Å²) in [5.41, 5.74) is -1.15. The molecule has 1 saturated heterocycles. The lowest BCUT2D eigenvalue weighted by molar-refractivity contribution is -0.101. The van der Waals surface area contributed by atoms with Gasteiger partial charge in [0.2, 0.25) is 0 Å². The topological polar surface area (TPSA) is 90.2 Å². The summed E-state index contributed by atoms with van der Waals surface area (Å²) in [6.45, 7) is -0.377. The van der Waals surface area contributed by atoms with E-state index in [2.05, 4.69) is 0 Å². The Balaban J connectivity index is 2.52. The van der Waals surface area contributed by atoms with Crippen LogP contribution in [0, 0.1) is 0 Å². The number of aliphatic hydroxyl groups is 4. The molecular formula is C5H10O5S. The van der Waals surface area contributed by atoms with Crippen LogP contribution in [0.25, 0.3) is 0 Å². The Morgan fingerprint density at radius 3 is 2.36 bits per heavy atom. The monoisotopic (exact) mass is 182 g/mol. The van der Waals surface area contributed by atoms with Crippen LogP contribution in [0.5, 0.6) is 0 Å². The highest BCUT2D eigenvalue weighted by Crippen LogP contribution is 2.26. The summed E-state index contributed by atoms with van der Waals surface area (Å²) >= 11 is 0.648. The van der Waals surface area contributed by atoms with E-state index in [-0.39, 0.29) is 6.61 Å². The third kappa shape index (κ3) is 1.84. The third-order valence-electron chi connectivity index (χ3n) is 1.48. The van der Waals surface area contributed by atoms with Crippen molar-refractivity contribution in [3.8, 4) is 0 Å². The summed E-state index contributed by atoms with van der Waals surface area (Å²) in [5.74, 6) is 0. The van der Waals surface area contributed by atoms with E-state index in [1.807, 2.05) is 0 Å². The lowest BCUT2D eigenvalue weighted by atomic mass is 10.1. The molecule has 0 aromatic carbocycles. The molecule has 1 rings (SSSR count). The molecule has 11 heavy (non-hydrogen) atoms. The lowest BCUT2D eigenvalue weighted by Gasteiger charge is -2.32. The highest BCUT2D eigenvalue weighted by atomic mass is 32.2. The zero-order valence-corrected chi connectivity index (χ0v) is 6.44. The van der Waals surface area contributed by atoms with Crippen LogP contribution in [0.15, 0.2) is 0 Å². The summed E-state index contributed by atoms with van der Waals surface area (Å²) in [6.07, 6.45) is -3.31. The number of hydrogen-bond donors (Lipinski definition) is 4. The van der Waals surface area contributed by atoms with Gasteiger partial charge in [-0.3, -0.25) is 0 Å². The van der Waals surface area contributed by atoms with E-state index < -0.39 is 23.7 Å². The average Bonchev–Trinajstić information content (AvgIpc) is 2.01. The zero-order valence-electron chi connectivity index (χ0n) is 5.62. The first-order valence-corrected chi connectivity index (χ1v) is 3.94. The highest BCUT2D eigenvalue weighted by molar-refractivity contribution is 7.95. The predicted molar refractivity (Wildman–Crippen MR) is 37.6 cm³/mol. The standard InChI is InChI=1S/C5H10O5S/c6-1-2-3(7)4(8)5(9)11-10-2/h2-9H,1H2/t2?,3-,4?,5?/m0/s1. The van der Waals surface area contributed by atoms with Crippen molar-refractivity contribution in [2.45, 2.75) is 23.7 Å². The molecule has 4 atom stereocenters. The third-order valence-corrected chi connectivity index (χ3v) is 2.32. The molecule has 0 amide bonds. The van der Waals surface area contributed by atoms with Gasteiger partial charge in [-0.25, -0.2) is 0 Å². The molecular weight excluding hydrogens is 172 g/mol. The van der Waals surface area contributed by atoms with Crippen molar-refractivity contribution in [3.63, 3.8) is 0 Å². The fraction of sp³-hybridized carbons (Fsp3) is 1.00. The molecule has 1 fully saturated rings. The molecule has 5 nitrogen and oxygen atoms in total. The molecule has 4 N–H and O–H groups in total. The maximum absolute atomic E-state index is 9.10. The van der Waals surface area contributed by atoms with Gasteiger partial charge in [0, 0.05) is 12.0 Å². The van der Waals surface area contributed by atoms with Crippen LogP contribution >= 0.6 is 12.0 Å². The normalized spacial score (nSPS) is 45.8. The molecule has 0 saturated carbocycles. The van der Waals surface area contributed by atoms with Gasteiger partial charge in [0.25, 0.3) is 0 Å². The lowest BCUT2D eigenvalue weighted by Crippen LogP contribution is -2.49. The largest absolute Gasteiger partial charge is 0.394 e. The summed E-state index contributed by atoms with van der Waals surface area (Å²) in [5, 5.41) is 35.6. The number of hydrogen-bond acceptors (Lipinski definition) is 6. The van der Waals surface area contributed by atoms with Crippen molar-refractivity contribution in [3.05, 3.63) is 0 Å². The SMILES string of the molecule is OCC1OSC(O)C(O)[C@H]1O. The number of aliphatic hydroxyl groups excluding tert-OH is 4. The molecule has 0 aliphatic carbocycles. The minimum atomic E-state index is -1.26. The molecule has 3 unspecified atom stereocenters. The minimum Gasteiger partial charge on any atom is -0.394 e. The van der Waals surface area contributed by atoms with Crippen LogP contribution < -0.4 is 0 Å². The molecule has 1 aliphatic rings. The van der Waals surface area contributed by atoms with Crippen molar-refractivity contribution < 1.29 is 24.6 Å². The van der Waals surface area contributed by atoms with E-state index in [1.54, 1.807) is 0 Å². The predicted octanol–water partition coefficient (Wildman–Crippen LogP) is -1.93. The quantitative estimate of drug-likeness (QED) is 0.353. The maximum atomic E-state index is 9.10. The van der Waals surface area contributed by atoms with E-state index in [0.717, 1.165) is 0 Å². The van der Waals surface area contributed by atoms with Gasteiger partial charge in [-0.2, -0.15) is 0 Å². The van der Waals surface area contributed by atoms with Gasteiger partial charge in [-0.15, -0.1) is 0 Å². The summed E-state index contributed by atoms with van der Waals surface area (Å²) in [6, 6.07) is 0. The van der Waals surface area contributed by atoms with Crippen LogP contribution in [-0.4, -0.2) is 50.8 Å². The zero-order chi connectivity index (χ0) is 8.43. The Morgan fingerprint density at radius 2 is 1.82 bits per heavy atom. The fourth-order valence-corrected chi connectivity index (χ4v) is 1.48. The smallest absolute Gasteiger partial charge is 0.153 e. The summed E-state index contributed by atoms with van der Waals surface area (Å²) in [7, 11) is 0. The van der Waals surface area contributed by atoms with Crippen LogP contribution in [-0.2, 0) is 4.18 Å². The second kappa shape index (κ2) is 3.70. The molecule has 1 heterocycles. The molecule has 0 aromatic heterocycles. The molecule has 1 aliphatic heterocycles. The fourth-order valence-electron chi connectivity index (χ4n) is 0.769. The summed E-state index contributed by atoms with van der Waals surface area (Å²) in [4.78, 5) is 0. The van der Waals surface area contributed by atoms with Crippen LogP contribution in [0.3, 0.4) is 0 Å². The van der Waals surface area contributed by atoms with Gasteiger partial charge in [0.05, 0.1) is 6.61 Å². The van der Waals surface area contributed by atoms with Crippen molar-refractivity contribution in [1.29, 1.82) is 0 Å². The van der Waals surface area contributed by atoms with E-state index in [9.17, 15) is 0 Å². The van der Waals surface area contributed by atoms with Gasteiger partial charge in [0.1, 0.15) is 18.3 Å². The molecule has 0 bridgehead atoms. The first-order chi connectivity index (χ1) is 5.16. The van der Waals surface area contributed by atoms with Crippen LogP contribution in [0.1, 0.15) is 0 Å². The van der Waals surface area contributed by atoms with Crippen molar-refractivity contribution in [1.82, 2.24) is 0 Å². The average molecular weight is 182 g/mol. The molecule has 0 radical (unpaired) electrons. The van der Waals surface area contributed by atoms with E-state index in [0.29, 0.717) is 12.0 Å². The first kappa shape index (κ1) is 9.24. The van der Waals surface area contributed by atoms with E-state index >= 15 is 0 Å². The molecule has 0 spiro atoms. The summed E-state index contributed by atoms with van der Waals surface area (Å²) < 4.78 is 4.73. The maximum Gasteiger partial charge on any atom is 0.153 e. The molecule has 66 valence electrons. The van der Waals surface area contributed by atoms with Gasteiger partial charge in [-0.1, -0.05) is 0 Å². The number of rotatable bonds is 1. The highest BCUT2D eigenvalue weighted by Gasteiger charge is 2.38. The van der Waals surface area contributed by atoms with E-state index in [1.165, 1.54) is 0 Å². The second-order valence-electron chi connectivity index (χ2n) is 2.29. The van der Waals surface area contributed by atoms with E-state index in [4.69, 9.17) is 24.6 Å². The van der Waals surface area contributed by atoms with Crippen molar-refractivity contribution >= 4 is 12.0 Å². The van der Waals surface area contributed by atoms with Crippen molar-refractivity contribution in [2.24, 2.45) is 0 Å². The Labute approximate surface area is 67.8 Å².